The summed E-state index contributed by atoms with van der Waals surface area (Å²) in [5.41, 5.74) is 8.06. The molecule has 110 valence electrons. The lowest BCUT2D eigenvalue weighted by atomic mass is 9.97. The Morgan fingerprint density at radius 2 is 1.74 bits per heavy atom. The number of unbranched alkanes of at least 4 members (excludes halogenated alkanes) is 4. The molecule has 0 aliphatic rings. The van der Waals surface area contributed by atoms with Crippen LogP contribution in [0.3, 0.4) is 0 Å². The maximum absolute atomic E-state index is 5.79. The normalized spacial score (nSPS) is 11.4. The van der Waals surface area contributed by atoms with E-state index in [9.17, 15) is 0 Å². The summed E-state index contributed by atoms with van der Waals surface area (Å²) in [6.07, 6.45) is 8.70. The predicted molar refractivity (Wildman–Crippen MR) is 80.0 cm³/mol. The monoisotopic (exact) mass is 266 g/mol. The molecule has 19 heavy (non-hydrogen) atoms. The van der Waals surface area contributed by atoms with E-state index in [0.717, 1.165) is 25.1 Å². The van der Waals surface area contributed by atoms with Gasteiger partial charge in [-0.05, 0) is 19.3 Å². The number of nitrogens with two attached hydrogens (primary N) is 1. The highest BCUT2D eigenvalue weighted by atomic mass is 15.4. The molecule has 0 unspecified atom stereocenters. The van der Waals surface area contributed by atoms with E-state index in [1.165, 1.54) is 37.8 Å². The molecular formula is C15H30N4. The predicted octanol–water partition coefficient (Wildman–Crippen LogP) is 3.61. The molecule has 0 spiro atoms. The summed E-state index contributed by atoms with van der Waals surface area (Å²) in [6.45, 7) is 8.19. The van der Waals surface area contributed by atoms with Crippen LogP contribution in [0, 0.1) is 0 Å². The van der Waals surface area contributed by atoms with Crippen LogP contribution in [0.4, 0.5) is 0 Å². The summed E-state index contributed by atoms with van der Waals surface area (Å²) in [7, 11) is 0. The molecule has 4 nitrogen and oxygen atoms in total. The fraction of sp³-hybridized carbons (Fsp3) is 0.867. The number of rotatable bonds is 10. The van der Waals surface area contributed by atoms with Crippen LogP contribution in [0.25, 0.3) is 0 Å². The van der Waals surface area contributed by atoms with Gasteiger partial charge in [-0.1, -0.05) is 51.7 Å². The topological polar surface area (TPSA) is 56.7 Å². The van der Waals surface area contributed by atoms with Crippen LogP contribution in [0.1, 0.15) is 83.0 Å². The molecule has 4 heteroatoms. The molecule has 0 saturated carbocycles. The van der Waals surface area contributed by atoms with Gasteiger partial charge in [-0.15, -0.1) is 5.10 Å². The maximum atomic E-state index is 5.79. The van der Waals surface area contributed by atoms with Gasteiger partial charge in [0.05, 0.1) is 11.4 Å². The van der Waals surface area contributed by atoms with E-state index < -0.39 is 0 Å². The van der Waals surface area contributed by atoms with Crippen molar-refractivity contribution in [3.63, 3.8) is 0 Å². The number of aryl methyl sites for hydroxylation is 1. The first-order valence-corrected chi connectivity index (χ1v) is 7.90. The van der Waals surface area contributed by atoms with Gasteiger partial charge in [0.2, 0.25) is 0 Å². The van der Waals surface area contributed by atoms with Crippen molar-refractivity contribution < 1.29 is 0 Å². The van der Waals surface area contributed by atoms with Crippen molar-refractivity contribution in [2.24, 2.45) is 5.73 Å². The zero-order valence-electron chi connectivity index (χ0n) is 12.9. The maximum Gasteiger partial charge on any atom is 0.0997 e. The smallest absolute Gasteiger partial charge is 0.0997 e. The van der Waals surface area contributed by atoms with E-state index in [-0.39, 0.29) is 0 Å². The third kappa shape index (κ3) is 4.60. The SMILES string of the molecule is CCCCCCCn1nnc(CN)c1C(CC)CC. The number of hydrogen-bond acceptors (Lipinski definition) is 3. The minimum atomic E-state index is 0.502. The van der Waals surface area contributed by atoms with Crippen LogP contribution < -0.4 is 5.73 Å². The Bertz CT molecular complexity index is 342. The second-order valence-electron chi connectivity index (χ2n) is 5.28. The Balaban J connectivity index is 2.64. The van der Waals surface area contributed by atoms with Crippen LogP contribution in [-0.2, 0) is 13.1 Å². The summed E-state index contributed by atoms with van der Waals surface area (Å²) < 4.78 is 2.10. The Morgan fingerprint density at radius 3 is 2.32 bits per heavy atom. The zero-order chi connectivity index (χ0) is 14.1. The largest absolute Gasteiger partial charge is 0.325 e. The highest BCUT2D eigenvalue weighted by Gasteiger charge is 2.18. The molecule has 1 heterocycles. The van der Waals surface area contributed by atoms with Gasteiger partial charge >= 0.3 is 0 Å². The van der Waals surface area contributed by atoms with E-state index in [2.05, 4.69) is 35.8 Å². The first-order valence-electron chi connectivity index (χ1n) is 7.90. The average molecular weight is 266 g/mol. The molecule has 2 N–H and O–H groups in total. The fourth-order valence-electron chi connectivity index (χ4n) is 2.65. The molecule has 0 fully saturated rings. The van der Waals surface area contributed by atoms with Crippen LogP contribution >= 0.6 is 0 Å². The lowest BCUT2D eigenvalue weighted by Gasteiger charge is -2.15. The lowest BCUT2D eigenvalue weighted by molar-refractivity contribution is 0.479. The van der Waals surface area contributed by atoms with Crippen molar-refractivity contribution in [1.82, 2.24) is 15.0 Å². The first kappa shape index (κ1) is 16.2. The van der Waals surface area contributed by atoms with Gasteiger partial charge in [0.15, 0.2) is 0 Å². The van der Waals surface area contributed by atoms with Gasteiger partial charge in [0.1, 0.15) is 0 Å². The van der Waals surface area contributed by atoms with Crippen molar-refractivity contribution in [2.45, 2.75) is 84.7 Å². The van der Waals surface area contributed by atoms with Gasteiger partial charge in [-0.2, -0.15) is 0 Å². The second-order valence-corrected chi connectivity index (χ2v) is 5.28. The summed E-state index contributed by atoms with van der Waals surface area (Å²) in [5.74, 6) is 0.546. The quantitative estimate of drug-likeness (QED) is 0.658. The van der Waals surface area contributed by atoms with Crippen molar-refractivity contribution in [3.05, 3.63) is 11.4 Å². The molecular weight excluding hydrogens is 236 g/mol. The fourth-order valence-corrected chi connectivity index (χ4v) is 2.65. The second kappa shape index (κ2) is 9.08. The summed E-state index contributed by atoms with van der Waals surface area (Å²) in [5, 5.41) is 8.56. The van der Waals surface area contributed by atoms with E-state index in [0.29, 0.717) is 12.5 Å². The minimum absolute atomic E-state index is 0.502. The molecule has 0 saturated heterocycles. The lowest BCUT2D eigenvalue weighted by Crippen LogP contribution is -2.12. The summed E-state index contributed by atoms with van der Waals surface area (Å²) >= 11 is 0. The van der Waals surface area contributed by atoms with Crippen LogP contribution in [0.2, 0.25) is 0 Å². The average Bonchev–Trinajstić information content (AvgIpc) is 2.83. The van der Waals surface area contributed by atoms with Crippen LogP contribution in [0.5, 0.6) is 0 Å². The van der Waals surface area contributed by atoms with Crippen LogP contribution in [0.15, 0.2) is 0 Å². The van der Waals surface area contributed by atoms with Gasteiger partial charge < -0.3 is 5.73 Å². The highest BCUT2D eigenvalue weighted by molar-refractivity contribution is 5.15. The third-order valence-corrected chi connectivity index (χ3v) is 3.89. The zero-order valence-corrected chi connectivity index (χ0v) is 12.9. The van der Waals surface area contributed by atoms with Crippen molar-refractivity contribution in [3.8, 4) is 0 Å². The molecule has 0 atom stereocenters. The molecule has 1 rings (SSSR count). The molecule has 0 aliphatic carbocycles. The highest BCUT2D eigenvalue weighted by Crippen LogP contribution is 2.25. The Morgan fingerprint density at radius 1 is 1.05 bits per heavy atom. The van der Waals surface area contributed by atoms with Gasteiger partial charge in [-0.25, -0.2) is 4.68 Å². The standard InChI is InChI=1S/C15H30N4/c1-4-7-8-9-10-11-19-15(13(5-2)6-3)14(12-16)17-18-19/h13H,4-12,16H2,1-3H3. The number of hydrogen-bond donors (Lipinski definition) is 1. The number of aromatic nitrogens is 3. The molecule has 0 aliphatic heterocycles. The molecule has 0 bridgehead atoms. The summed E-state index contributed by atoms with van der Waals surface area (Å²) in [6, 6.07) is 0. The Hall–Kier alpha value is -0.900. The van der Waals surface area contributed by atoms with Crippen molar-refractivity contribution in [1.29, 1.82) is 0 Å². The van der Waals surface area contributed by atoms with Crippen LogP contribution in [-0.4, -0.2) is 15.0 Å². The summed E-state index contributed by atoms with van der Waals surface area (Å²) in [4.78, 5) is 0. The van der Waals surface area contributed by atoms with Crippen molar-refractivity contribution >= 4 is 0 Å². The van der Waals surface area contributed by atoms with Gasteiger partial charge in [0, 0.05) is 19.0 Å². The van der Waals surface area contributed by atoms with E-state index in [1.807, 2.05) is 0 Å². The Labute approximate surface area is 117 Å². The molecule has 0 radical (unpaired) electrons. The van der Waals surface area contributed by atoms with E-state index in [4.69, 9.17) is 5.73 Å². The number of nitrogens with zero attached hydrogens (tertiary/aromatic N) is 3. The van der Waals surface area contributed by atoms with Crippen molar-refractivity contribution in [2.75, 3.05) is 0 Å². The molecule has 1 aromatic heterocycles. The first-order chi connectivity index (χ1) is 9.28. The van der Waals surface area contributed by atoms with E-state index >= 15 is 0 Å². The molecule has 0 aromatic carbocycles. The van der Waals surface area contributed by atoms with Gasteiger partial charge in [0.25, 0.3) is 0 Å². The van der Waals surface area contributed by atoms with E-state index in [1.54, 1.807) is 0 Å². The molecule has 1 aromatic rings. The minimum Gasteiger partial charge on any atom is -0.325 e. The van der Waals surface area contributed by atoms with Gasteiger partial charge in [-0.3, -0.25) is 0 Å². The third-order valence-electron chi connectivity index (χ3n) is 3.89. The molecule has 0 amide bonds. The Kier molecular flexibility index (Phi) is 7.72.